The number of hydrogen-bond acceptors (Lipinski definition) is 3. The standard InChI is InChI=1S/C15H14Cl4N2O2/c1-7-8(2)20-21(14(7)23-15(22)13(18)19)9(3)10-4-5-11(16)12(17)6-10/h4-6,9,13H,1-3H3. The predicted octanol–water partition coefficient (Wildman–Crippen LogP) is 5.13. The van der Waals surface area contributed by atoms with Gasteiger partial charge in [0.1, 0.15) is 0 Å². The number of halogens is 4. The Balaban J connectivity index is 2.43. The van der Waals surface area contributed by atoms with Gasteiger partial charge in [0, 0.05) is 5.56 Å². The van der Waals surface area contributed by atoms with Gasteiger partial charge in [-0.05, 0) is 38.5 Å². The molecule has 0 aliphatic carbocycles. The van der Waals surface area contributed by atoms with Gasteiger partial charge in [0.2, 0.25) is 10.7 Å². The second-order valence-corrected chi connectivity index (χ2v) is 6.94. The molecule has 1 unspecified atom stereocenters. The highest BCUT2D eigenvalue weighted by Crippen LogP contribution is 2.32. The van der Waals surface area contributed by atoms with E-state index < -0.39 is 10.8 Å². The van der Waals surface area contributed by atoms with Gasteiger partial charge >= 0.3 is 5.97 Å². The molecule has 0 radical (unpaired) electrons. The van der Waals surface area contributed by atoms with Gasteiger partial charge in [0.15, 0.2) is 0 Å². The van der Waals surface area contributed by atoms with Crippen LogP contribution in [0.2, 0.25) is 10.0 Å². The van der Waals surface area contributed by atoms with Crippen molar-refractivity contribution in [3.8, 4) is 5.88 Å². The molecule has 0 N–H and O–H groups in total. The summed E-state index contributed by atoms with van der Waals surface area (Å²) in [7, 11) is 0. The zero-order valence-electron chi connectivity index (χ0n) is 12.6. The van der Waals surface area contributed by atoms with Gasteiger partial charge in [-0.15, -0.1) is 0 Å². The molecular weight excluding hydrogens is 382 g/mol. The summed E-state index contributed by atoms with van der Waals surface area (Å²) < 4.78 is 6.89. The third kappa shape index (κ3) is 3.94. The van der Waals surface area contributed by atoms with Crippen LogP contribution in [0.3, 0.4) is 0 Å². The number of carbonyl (C=O) groups excluding carboxylic acids is 1. The van der Waals surface area contributed by atoms with Crippen LogP contribution >= 0.6 is 46.4 Å². The van der Waals surface area contributed by atoms with Crippen molar-refractivity contribution in [1.82, 2.24) is 9.78 Å². The Morgan fingerprint density at radius 2 is 1.87 bits per heavy atom. The largest absolute Gasteiger partial charge is 0.405 e. The first-order valence-corrected chi connectivity index (χ1v) is 8.35. The normalized spacial score (nSPS) is 12.5. The summed E-state index contributed by atoms with van der Waals surface area (Å²) in [5.41, 5.74) is 2.34. The molecule has 0 saturated carbocycles. The van der Waals surface area contributed by atoms with Gasteiger partial charge in [-0.3, -0.25) is 0 Å². The molecule has 1 atom stereocenters. The van der Waals surface area contributed by atoms with Crippen LogP contribution in [-0.2, 0) is 4.79 Å². The van der Waals surface area contributed by atoms with E-state index in [0.717, 1.165) is 16.8 Å². The first-order chi connectivity index (χ1) is 10.7. The van der Waals surface area contributed by atoms with E-state index in [9.17, 15) is 4.79 Å². The molecule has 0 saturated heterocycles. The van der Waals surface area contributed by atoms with Crippen molar-refractivity contribution in [2.75, 3.05) is 0 Å². The van der Waals surface area contributed by atoms with Crippen LogP contribution in [0.15, 0.2) is 18.2 Å². The van der Waals surface area contributed by atoms with E-state index >= 15 is 0 Å². The molecule has 0 aliphatic rings. The van der Waals surface area contributed by atoms with Gasteiger partial charge in [-0.1, -0.05) is 52.5 Å². The molecular formula is C15H14Cl4N2O2. The van der Waals surface area contributed by atoms with E-state index in [2.05, 4.69) is 5.10 Å². The highest BCUT2D eigenvalue weighted by Gasteiger charge is 2.24. The Bertz CT molecular complexity index is 743. The number of rotatable bonds is 4. The highest BCUT2D eigenvalue weighted by molar-refractivity contribution is 6.53. The van der Waals surface area contributed by atoms with Crippen molar-refractivity contribution >= 4 is 52.4 Å². The van der Waals surface area contributed by atoms with E-state index in [0.29, 0.717) is 15.9 Å². The van der Waals surface area contributed by atoms with Crippen LogP contribution in [0.1, 0.15) is 29.8 Å². The molecule has 124 valence electrons. The minimum absolute atomic E-state index is 0.232. The van der Waals surface area contributed by atoms with Gasteiger partial charge in [0.25, 0.3) is 0 Å². The fourth-order valence-electron chi connectivity index (χ4n) is 2.05. The lowest BCUT2D eigenvalue weighted by Crippen LogP contribution is -2.20. The molecule has 23 heavy (non-hydrogen) atoms. The monoisotopic (exact) mass is 394 g/mol. The molecule has 0 bridgehead atoms. The third-order valence-electron chi connectivity index (χ3n) is 3.50. The second kappa shape index (κ2) is 7.31. The molecule has 8 heteroatoms. The minimum atomic E-state index is -1.27. The molecule has 0 spiro atoms. The maximum atomic E-state index is 11.7. The summed E-state index contributed by atoms with van der Waals surface area (Å²) in [6.07, 6.45) is 0. The maximum absolute atomic E-state index is 11.7. The minimum Gasteiger partial charge on any atom is -0.405 e. The number of nitrogens with zero attached hydrogens (tertiary/aromatic N) is 2. The van der Waals surface area contributed by atoms with E-state index in [4.69, 9.17) is 51.1 Å². The molecule has 0 aliphatic heterocycles. The van der Waals surface area contributed by atoms with Crippen molar-refractivity contribution in [3.63, 3.8) is 0 Å². The number of carbonyl (C=O) groups is 1. The van der Waals surface area contributed by atoms with Crippen molar-refractivity contribution in [3.05, 3.63) is 45.1 Å². The average Bonchev–Trinajstić information content (AvgIpc) is 2.77. The fourth-order valence-corrected chi connectivity index (χ4v) is 2.44. The average molecular weight is 396 g/mol. The van der Waals surface area contributed by atoms with Crippen molar-refractivity contribution < 1.29 is 9.53 Å². The molecule has 1 aromatic carbocycles. The van der Waals surface area contributed by atoms with Crippen LogP contribution in [-0.4, -0.2) is 20.6 Å². The molecule has 0 fully saturated rings. The first kappa shape index (κ1) is 18.4. The lowest BCUT2D eigenvalue weighted by Gasteiger charge is -2.17. The van der Waals surface area contributed by atoms with Gasteiger partial charge in [0.05, 0.1) is 21.8 Å². The number of hydrogen-bond donors (Lipinski definition) is 0. The van der Waals surface area contributed by atoms with Crippen LogP contribution in [0, 0.1) is 13.8 Å². The number of aryl methyl sites for hydroxylation is 1. The third-order valence-corrected chi connectivity index (χ3v) is 4.59. The smallest absolute Gasteiger partial charge is 0.346 e. The van der Waals surface area contributed by atoms with Crippen LogP contribution in [0.4, 0.5) is 0 Å². The van der Waals surface area contributed by atoms with Crippen LogP contribution in [0.25, 0.3) is 0 Å². The fraction of sp³-hybridized carbons (Fsp3) is 0.333. The van der Waals surface area contributed by atoms with Crippen molar-refractivity contribution in [2.24, 2.45) is 0 Å². The topological polar surface area (TPSA) is 44.1 Å². The zero-order chi connectivity index (χ0) is 17.3. The van der Waals surface area contributed by atoms with E-state index in [-0.39, 0.29) is 6.04 Å². The molecule has 2 rings (SSSR count). The summed E-state index contributed by atoms with van der Waals surface area (Å²) in [4.78, 5) is 10.5. The lowest BCUT2D eigenvalue weighted by atomic mass is 10.1. The Morgan fingerprint density at radius 3 is 2.43 bits per heavy atom. The lowest BCUT2D eigenvalue weighted by molar-refractivity contribution is -0.133. The Hall–Kier alpha value is -0.940. The summed E-state index contributed by atoms with van der Waals surface area (Å²) in [6, 6.07) is 5.06. The van der Waals surface area contributed by atoms with Crippen molar-refractivity contribution in [1.29, 1.82) is 0 Å². The number of benzene rings is 1. The molecule has 1 heterocycles. The highest BCUT2D eigenvalue weighted by atomic mass is 35.5. The quantitative estimate of drug-likeness (QED) is 0.532. The molecule has 1 aromatic heterocycles. The van der Waals surface area contributed by atoms with Crippen LogP contribution in [0.5, 0.6) is 5.88 Å². The molecule has 0 amide bonds. The Labute approximate surface area is 154 Å². The Kier molecular flexibility index (Phi) is 5.84. The number of esters is 1. The van der Waals surface area contributed by atoms with Gasteiger partial charge in [-0.25, -0.2) is 9.48 Å². The number of aromatic nitrogens is 2. The van der Waals surface area contributed by atoms with E-state index in [1.807, 2.05) is 19.9 Å². The summed E-state index contributed by atoms with van der Waals surface area (Å²) in [5.74, 6) is -0.448. The predicted molar refractivity (Wildman–Crippen MR) is 93.1 cm³/mol. The molecule has 4 nitrogen and oxygen atoms in total. The molecule has 2 aromatic rings. The summed E-state index contributed by atoms with van der Waals surface area (Å²) in [5, 5.41) is 5.34. The SMILES string of the molecule is Cc1nn(C(C)c2ccc(Cl)c(Cl)c2)c(OC(=O)C(Cl)Cl)c1C. The van der Waals surface area contributed by atoms with E-state index in [1.165, 1.54) is 0 Å². The Morgan fingerprint density at radius 1 is 1.22 bits per heavy atom. The van der Waals surface area contributed by atoms with Crippen LogP contribution < -0.4 is 4.74 Å². The second-order valence-electron chi connectivity index (χ2n) is 5.03. The van der Waals surface area contributed by atoms with Gasteiger partial charge < -0.3 is 4.74 Å². The summed E-state index contributed by atoms with van der Waals surface area (Å²) >= 11 is 23.1. The first-order valence-electron chi connectivity index (χ1n) is 6.72. The van der Waals surface area contributed by atoms with Crippen molar-refractivity contribution in [2.45, 2.75) is 31.6 Å². The van der Waals surface area contributed by atoms with Gasteiger partial charge in [-0.2, -0.15) is 5.10 Å². The maximum Gasteiger partial charge on any atom is 0.346 e. The number of ether oxygens (including phenoxy) is 1. The summed E-state index contributed by atoms with van der Waals surface area (Å²) in [6.45, 7) is 5.53. The zero-order valence-corrected chi connectivity index (χ0v) is 15.6. The van der Waals surface area contributed by atoms with E-state index in [1.54, 1.807) is 23.7 Å². The number of alkyl halides is 2.